The molecule has 1 atom stereocenters. The summed E-state index contributed by atoms with van der Waals surface area (Å²) in [5.74, 6) is 0.165. The van der Waals surface area contributed by atoms with E-state index in [1.165, 1.54) is 0 Å². The second-order valence-corrected chi connectivity index (χ2v) is 7.91. The molecular formula is C18H22ClN2O3S-. The Labute approximate surface area is 155 Å². The standard InChI is InChI=1S/C18H23ClN2O3S/c1-12-15(7-8-17(12)22)20-16-6-5-13(11-14(16)19)18(21-25(23)24)9-3-2-4-10-18/h5-6,11,20-21H,2-4,7-10H2,1H3,(H,23,24)/p-1. The van der Waals surface area contributed by atoms with Crippen molar-refractivity contribution < 1.29 is 13.6 Å². The molecule has 0 spiro atoms. The van der Waals surface area contributed by atoms with E-state index in [0.717, 1.165) is 54.6 Å². The first kappa shape index (κ1) is 18.6. The highest BCUT2D eigenvalue weighted by Gasteiger charge is 2.34. The summed E-state index contributed by atoms with van der Waals surface area (Å²) in [7, 11) is 0. The lowest BCUT2D eigenvalue weighted by atomic mass is 9.77. The number of anilines is 1. The second kappa shape index (κ2) is 7.58. The van der Waals surface area contributed by atoms with Crippen molar-refractivity contribution in [2.45, 2.75) is 57.4 Å². The summed E-state index contributed by atoms with van der Waals surface area (Å²) in [5.41, 5.74) is 2.72. The molecule has 1 aromatic carbocycles. The zero-order chi connectivity index (χ0) is 18.0. The molecule has 1 unspecified atom stereocenters. The monoisotopic (exact) mass is 381 g/mol. The van der Waals surface area contributed by atoms with Crippen LogP contribution in [0.2, 0.25) is 5.02 Å². The van der Waals surface area contributed by atoms with Crippen LogP contribution in [0.5, 0.6) is 0 Å². The van der Waals surface area contributed by atoms with E-state index in [-0.39, 0.29) is 5.78 Å². The van der Waals surface area contributed by atoms with Gasteiger partial charge in [0.15, 0.2) is 5.78 Å². The van der Waals surface area contributed by atoms with Crippen molar-refractivity contribution >= 4 is 34.3 Å². The van der Waals surface area contributed by atoms with Gasteiger partial charge < -0.3 is 9.87 Å². The molecule has 5 nitrogen and oxygen atoms in total. The zero-order valence-electron chi connectivity index (χ0n) is 14.2. The van der Waals surface area contributed by atoms with Crippen LogP contribution in [0.4, 0.5) is 5.69 Å². The van der Waals surface area contributed by atoms with Crippen LogP contribution in [0.3, 0.4) is 0 Å². The fraction of sp³-hybridized carbons (Fsp3) is 0.500. The van der Waals surface area contributed by atoms with Crippen molar-refractivity contribution in [3.8, 4) is 0 Å². The number of ketones is 1. The Hall–Kier alpha value is -1.21. The van der Waals surface area contributed by atoms with Crippen LogP contribution in [0, 0.1) is 0 Å². The fourth-order valence-electron chi connectivity index (χ4n) is 3.78. The van der Waals surface area contributed by atoms with Gasteiger partial charge in [0.1, 0.15) is 0 Å². The smallest absolute Gasteiger partial charge is 0.160 e. The van der Waals surface area contributed by atoms with Gasteiger partial charge in [0.25, 0.3) is 0 Å². The Morgan fingerprint density at radius 1 is 1.20 bits per heavy atom. The molecule has 25 heavy (non-hydrogen) atoms. The van der Waals surface area contributed by atoms with Crippen LogP contribution in [0.25, 0.3) is 0 Å². The number of rotatable bonds is 5. The van der Waals surface area contributed by atoms with Gasteiger partial charge >= 0.3 is 0 Å². The third-order valence-electron chi connectivity index (χ3n) is 5.27. The van der Waals surface area contributed by atoms with E-state index in [1.54, 1.807) is 0 Å². The number of hydrogen-bond donors (Lipinski definition) is 2. The first-order chi connectivity index (χ1) is 11.9. The van der Waals surface area contributed by atoms with Gasteiger partial charge in [-0.2, -0.15) is 0 Å². The molecule has 136 valence electrons. The SMILES string of the molecule is CC1=C(Nc2ccc(C3(NS(=O)[O-])CCCCC3)cc2Cl)CCC1=O. The summed E-state index contributed by atoms with van der Waals surface area (Å²) in [6, 6.07) is 5.63. The molecule has 2 N–H and O–H groups in total. The predicted molar refractivity (Wildman–Crippen MR) is 98.8 cm³/mol. The molecule has 7 heteroatoms. The van der Waals surface area contributed by atoms with Crippen LogP contribution >= 0.6 is 11.6 Å². The second-order valence-electron chi connectivity index (χ2n) is 6.83. The Kier molecular flexibility index (Phi) is 5.63. The van der Waals surface area contributed by atoms with Crippen molar-refractivity contribution in [1.82, 2.24) is 4.72 Å². The van der Waals surface area contributed by atoms with Crippen molar-refractivity contribution in [3.63, 3.8) is 0 Å². The van der Waals surface area contributed by atoms with Crippen LogP contribution in [0.1, 0.15) is 57.4 Å². The van der Waals surface area contributed by atoms with Gasteiger partial charge in [0.2, 0.25) is 0 Å². The van der Waals surface area contributed by atoms with Crippen LogP contribution in [-0.2, 0) is 21.6 Å². The molecule has 2 aliphatic rings. The van der Waals surface area contributed by atoms with Gasteiger partial charge in [-0.1, -0.05) is 36.9 Å². The van der Waals surface area contributed by atoms with Crippen molar-refractivity contribution in [2.75, 3.05) is 5.32 Å². The van der Waals surface area contributed by atoms with Crippen molar-refractivity contribution in [2.24, 2.45) is 0 Å². The third-order valence-corrected chi connectivity index (χ3v) is 6.14. The summed E-state index contributed by atoms with van der Waals surface area (Å²) in [4.78, 5) is 11.7. The molecule has 0 radical (unpaired) electrons. The lowest BCUT2D eigenvalue weighted by molar-refractivity contribution is -0.114. The number of nitrogens with one attached hydrogen (secondary N) is 2. The first-order valence-corrected chi connectivity index (χ1v) is 10.0. The summed E-state index contributed by atoms with van der Waals surface area (Å²) < 4.78 is 25.3. The fourth-order valence-corrected chi connectivity index (χ4v) is 4.65. The minimum absolute atomic E-state index is 0.165. The van der Waals surface area contributed by atoms with E-state index < -0.39 is 16.8 Å². The van der Waals surface area contributed by atoms with Crippen molar-refractivity contribution in [3.05, 3.63) is 40.1 Å². The van der Waals surface area contributed by atoms with Crippen LogP contribution in [0.15, 0.2) is 29.5 Å². The Bertz CT molecular complexity index is 742. The molecule has 0 saturated heterocycles. The predicted octanol–water partition coefficient (Wildman–Crippen LogP) is 3.93. The van der Waals surface area contributed by atoms with E-state index in [0.29, 0.717) is 17.9 Å². The largest absolute Gasteiger partial charge is 0.760 e. The molecule has 2 aliphatic carbocycles. The van der Waals surface area contributed by atoms with Gasteiger partial charge in [-0.15, -0.1) is 0 Å². The summed E-state index contributed by atoms with van der Waals surface area (Å²) in [5, 5.41) is 3.79. The van der Waals surface area contributed by atoms with E-state index in [2.05, 4.69) is 10.0 Å². The van der Waals surface area contributed by atoms with E-state index in [9.17, 15) is 13.6 Å². The molecule has 0 heterocycles. The minimum atomic E-state index is -2.33. The van der Waals surface area contributed by atoms with Crippen LogP contribution in [-0.4, -0.2) is 14.5 Å². The summed E-state index contributed by atoms with van der Waals surface area (Å²) >= 11 is 4.13. The highest BCUT2D eigenvalue weighted by atomic mass is 35.5. The summed E-state index contributed by atoms with van der Waals surface area (Å²) in [6.45, 7) is 1.82. The van der Waals surface area contributed by atoms with Crippen molar-refractivity contribution in [1.29, 1.82) is 0 Å². The average molecular weight is 382 g/mol. The number of allylic oxidation sites excluding steroid dienone is 2. The number of carbonyl (C=O) groups is 1. The maximum absolute atomic E-state index is 11.7. The molecule has 0 aromatic heterocycles. The first-order valence-electron chi connectivity index (χ1n) is 8.58. The molecule has 0 bridgehead atoms. The molecule has 0 aliphatic heterocycles. The molecular weight excluding hydrogens is 360 g/mol. The maximum Gasteiger partial charge on any atom is 0.160 e. The molecule has 1 saturated carbocycles. The van der Waals surface area contributed by atoms with Crippen LogP contribution < -0.4 is 10.0 Å². The number of halogens is 1. The number of carbonyl (C=O) groups excluding carboxylic acids is 1. The lowest BCUT2D eigenvalue weighted by Gasteiger charge is -2.39. The normalized spacial score (nSPS) is 21.5. The highest BCUT2D eigenvalue weighted by Crippen LogP contribution is 2.40. The van der Waals surface area contributed by atoms with E-state index in [1.807, 2.05) is 25.1 Å². The highest BCUT2D eigenvalue weighted by molar-refractivity contribution is 7.77. The topological polar surface area (TPSA) is 81.3 Å². The number of benzene rings is 1. The Morgan fingerprint density at radius 2 is 1.92 bits per heavy atom. The quantitative estimate of drug-likeness (QED) is 0.757. The number of hydrogen-bond acceptors (Lipinski definition) is 4. The van der Waals surface area contributed by atoms with Gasteiger partial charge in [-0.25, -0.2) is 4.72 Å². The van der Waals surface area contributed by atoms with Gasteiger partial charge in [0.05, 0.1) is 16.2 Å². The Balaban J connectivity index is 1.87. The molecule has 1 aromatic rings. The minimum Gasteiger partial charge on any atom is -0.760 e. The van der Waals surface area contributed by atoms with E-state index in [4.69, 9.17) is 11.6 Å². The van der Waals surface area contributed by atoms with Gasteiger partial charge in [-0.3, -0.25) is 9.00 Å². The Morgan fingerprint density at radius 3 is 2.48 bits per heavy atom. The molecule has 1 fully saturated rings. The zero-order valence-corrected chi connectivity index (χ0v) is 15.8. The maximum atomic E-state index is 11.7. The van der Waals surface area contributed by atoms with Gasteiger partial charge in [0, 0.05) is 29.0 Å². The third kappa shape index (κ3) is 3.97. The van der Waals surface area contributed by atoms with Gasteiger partial charge in [-0.05, 0) is 43.9 Å². The molecule has 0 amide bonds. The lowest BCUT2D eigenvalue weighted by Crippen LogP contribution is -2.44. The van der Waals surface area contributed by atoms with E-state index >= 15 is 0 Å². The summed E-state index contributed by atoms with van der Waals surface area (Å²) in [6.07, 6.45) is 5.84. The average Bonchev–Trinajstić information content (AvgIpc) is 2.89. The molecule has 3 rings (SSSR count). The number of Topliss-reactive ketones (excluding diaryl/α,β-unsaturated/α-hetero) is 1.